The van der Waals surface area contributed by atoms with Gasteiger partial charge in [0.05, 0.1) is 17.2 Å². The number of hydrogen-bond acceptors (Lipinski definition) is 5. The molecule has 0 spiro atoms. The molecule has 1 aliphatic carbocycles. The van der Waals surface area contributed by atoms with E-state index in [4.69, 9.17) is 4.42 Å². The van der Waals surface area contributed by atoms with Crippen LogP contribution in [0.2, 0.25) is 0 Å². The summed E-state index contributed by atoms with van der Waals surface area (Å²) in [6, 6.07) is 7.66. The summed E-state index contributed by atoms with van der Waals surface area (Å²) in [4.78, 5) is 17.1. The Kier molecular flexibility index (Phi) is 4.07. The van der Waals surface area contributed by atoms with Crippen LogP contribution in [0, 0.1) is 0 Å². The molecule has 1 amide bonds. The minimum Gasteiger partial charge on any atom is -0.469 e. The number of hydrogen-bond donors (Lipinski definition) is 2. The Bertz CT molecular complexity index is 993. The molecule has 26 heavy (non-hydrogen) atoms. The van der Waals surface area contributed by atoms with Gasteiger partial charge in [-0.25, -0.2) is 8.42 Å². The molecule has 0 saturated heterocycles. The van der Waals surface area contributed by atoms with Gasteiger partial charge in [-0.2, -0.15) is 0 Å². The number of carbonyl (C=O) groups excluding carboxylic acids is 1. The Balaban J connectivity index is 1.53. The fourth-order valence-corrected chi connectivity index (χ4v) is 4.65. The largest absolute Gasteiger partial charge is 0.469 e. The molecule has 2 aliphatic rings. The highest BCUT2D eigenvalue weighted by molar-refractivity contribution is 7.90. The zero-order chi connectivity index (χ0) is 18.3. The number of furan rings is 1. The average Bonchev–Trinajstić information content (AvgIpc) is 3.19. The van der Waals surface area contributed by atoms with Crippen LogP contribution in [0.3, 0.4) is 0 Å². The van der Waals surface area contributed by atoms with Crippen LogP contribution in [0.25, 0.3) is 0 Å². The van der Waals surface area contributed by atoms with Gasteiger partial charge in [0.15, 0.2) is 0 Å². The van der Waals surface area contributed by atoms with Gasteiger partial charge in [0.25, 0.3) is 10.0 Å². The molecule has 2 atom stereocenters. The van der Waals surface area contributed by atoms with E-state index in [1.807, 2.05) is 6.07 Å². The third-order valence-corrected chi connectivity index (χ3v) is 6.13. The molecular weight excluding hydrogens is 354 g/mol. The minimum atomic E-state index is -3.61. The maximum Gasteiger partial charge on any atom is 0.263 e. The molecule has 1 aromatic carbocycles. The molecule has 0 saturated carbocycles. The van der Waals surface area contributed by atoms with E-state index in [1.165, 1.54) is 6.07 Å². The summed E-state index contributed by atoms with van der Waals surface area (Å²) in [5, 5.41) is 3.00. The Morgan fingerprint density at radius 1 is 1.35 bits per heavy atom. The number of amidine groups is 1. The minimum absolute atomic E-state index is 0.0970. The van der Waals surface area contributed by atoms with E-state index in [0.29, 0.717) is 5.56 Å². The number of fused-ring (bicyclic) bond motifs is 2. The Morgan fingerprint density at radius 2 is 2.15 bits per heavy atom. The standard InChI is InChI=1S/C18H19N3O4S/c1-11(18(22)20-14-6-4-7-15-12(14)9-10-25-15)19-17-13-5-2-3-8-16(13)26(23,24)21-17/h2-3,5,8-11,14H,4,6-7H2,1H3,(H,19,21)(H,20,22)/t11-,14-/m0/s1. The molecule has 2 N–H and O–H groups in total. The van der Waals surface area contributed by atoms with Gasteiger partial charge in [-0.05, 0) is 38.0 Å². The summed E-state index contributed by atoms with van der Waals surface area (Å²) in [7, 11) is -3.61. The maximum atomic E-state index is 12.6. The fourth-order valence-electron chi connectivity index (χ4n) is 3.41. The molecule has 8 heteroatoms. The SMILES string of the molecule is C[C@H](N=C1NS(=O)(=O)c2ccccc21)C(=O)N[C@H]1CCCc2occc21. The molecule has 0 radical (unpaired) electrons. The topological polar surface area (TPSA) is 101 Å². The highest BCUT2D eigenvalue weighted by atomic mass is 32.2. The number of aryl methyl sites for hydroxylation is 1. The van der Waals surface area contributed by atoms with Gasteiger partial charge in [0.2, 0.25) is 5.91 Å². The molecule has 0 fully saturated rings. The van der Waals surface area contributed by atoms with Crippen molar-refractivity contribution in [3.8, 4) is 0 Å². The number of benzene rings is 1. The molecule has 1 aliphatic heterocycles. The van der Waals surface area contributed by atoms with E-state index in [2.05, 4.69) is 15.0 Å². The normalized spacial score (nSPS) is 23.0. The number of nitrogens with zero attached hydrogens (tertiary/aromatic N) is 1. The van der Waals surface area contributed by atoms with E-state index in [0.717, 1.165) is 30.6 Å². The van der Waals surface area contributed by atoms with E-state index in [-0.39, 0.29) is 22.7 Å². The van der Waals surface area contributed by atoms with Crippen molar-refractivity contribution in [1.29, 1.82) is 0 Å². The van der Waals surface area contributed by atoms with Crippen molar-refractivity contribution in [1.82, 2.24) is 10.0 Å². The number of amides is 1. The summed E-state index contributed by atoms with van der Waals surface area (Å²) in [5.41, 5.74) is 1.50. The Morgan fingerprint density at radius 3 is 3.00 bits per heavy atom. The Hall–Kier alpha value is -2.61. The van der Waals surface area contributed by atoms with Gasteiger partial charge >= 0.3 is 0 Å². The monoisotopic (exact) mass is 373 g/mol. The highest BCUT2D eigenvalue weighted by Crippen LogP contribution is 2.30. The van der Waals surface area contributed by atoms with Gasteiger partial charge in [-0.3, -0.25) is 14.5 Å². The third-order valence-electron chi connectivity index (χ3n) is 4.73. The molecule has 2 aromatic rings. The summed E-state index contributed by atoms with van der Waals surface area (Å²) >= 11 is 0. The van der Waals surface area contributed by atoms with Crippen molar-refractivity contribution < 1.29 is 17.6 Å². The van der Waals surface area contributed by atoms with E-state index in [9.17, 15) is 13.2 Å². The van der Waals surface area contributed by atoms with Gasteiger partial charge in [0, 0.05) is 17.5 Å². The molecule has 0 bridgehead atoms. The zero-order valence-corrected chi connectivity index (χ0v) is 15.0. The smallest absolute Gasteiger partial charge is 0.263 e. The van der Waals surface area contributed by atoms with Crippen molar-refractivity contribution in [2.75, 3.05) is 0 Å². The van der Waals surface area contributed by atoms with Crippen LogP contribution in [0.15, 0.2) is 50.9 Å². The molecule has 1 aromatic heterocycles. The van der Waals surface area contributed by atoms with Crippen LogP contribution in [-0.4, -0.2) is 26.2 Å². The van der Waals surface area contributed by atoms with E-state index < -0.39 is 16.1 Å². The first-order valence-electron chi connectivity index (χ1n) is 8.52. The zero-order valence-electron chi connectivity index (χ0n) is 14.2. The van der Waals surface area contributed by atoms with Crippen LogP contribution < -0.4 is 10.0 Å². The van der Waals surface area contributed by atoms with Crippen LogP contribution in [0.4, 0.5) is 0 Å². The maximum absolute atomic E-state index is 12.6. The van der Waals surface area contributed by atoms with Gasteiger partial charge < -0.3 is 9.73 Å². The number of carbonyl (C=O) groups is 1. The first-order chi connectivity index (χ1) is 12.5. The van der Waals surface area contributed by atoms with Crippen LogP contribution in [0.5, 0.6) is 0 Å². The highest BCUT2D eigenvalue weighted by Gasteiger charge is 2.31. The molecule has 2 heterocycles. The summed E-state index contributed by atoms with van der Waals surface area (Å²) in [6.45, 7) is 1.65. The molecule has 4 rings (SSSR count). The first kappa shape index (κ1) is 16.8. The van der Waals surface area contributed by atoms with Crippen molar-refractivity contribution in [2.24, 2.45) is 4.99 Å². The van der Waals surface area contributed by atoms with E-state index >= 15 is 0 Å². The second kappa shape index (κ2) is 6.28. The fraction of sp³-hybridized carbons (Fsp3) is 0.333. The summed E-state index contributed by atoms with van der Waals surface area (Å²) < 4.78 is 32.1. The number of nitrogens with one attached hydrogen (secondary N) is 2. The van der Waals surface area contributed by atoms with Crippen molar-refractivity contribution in [3.05, 3.63) is 53.5 Å². The summed E-state index contributed by atoms with van der Waals surface area (Å²) in [6.07, 6.45) is 4.31. The predicted octanol–water partition coefficient (Wildman–Crippen LogP) is 1.90. The lowest BCUT2D eigenvalue weighted by Crippen LogP contribution is -2.37. The first-order valence-corrected chi connectivity index (χ1v) is 10.0. The predicted molar refractivity (Wildman–Crippen MR) is 95.3 cm³/mol. The van der Waals surface area contributed by atoms with Gasteiger partial charge in [-0.15, -0.1) is 0 Å². The van der Waals surface area contributed by atoms with Crippen molar-refractivity contribution in [2.45, 2.75) is 43.2 Å². The number of rotatable bonds is 3. The lowest BCUT2D eigenvalue weighted by Gasteiger charge is -2.23. The molecule has 136 valence electrons. The van der Waals surface area contributed by atoms with Gasteiger partial charge in [-0.1, -0.05) is 12.1 Å². The third kappa shape index (κ3) is 2.90. The molecule has 7 nitrogen and oxygen atoms in total. The van der Waals surface area contributed by atoms with Gasteiger partial charge in [0.1, 0.15) is 17.6 Å². The lowest BCUT2D eigenvalue weighted by molar-refractivity contribution is -0.122. The average molecular weight is 373 g/mol. The number of aliphatic imine (C=N–C) groups is 1. The van der Waals surface area contributed by atoms with Crippen LogP contribution >= 0.6 is 0 Å². The second-order valence-corrected chi connectivity index (χ2v) is 8.16. The summed E-state index contributed by atoms with van der Waals surface area (Å²) in [5.74, 6) is 0.869. The number of sulfonamides is 1. The lowest BCUT2D eigenvalue weighted by atomic mass is 9.93. The van der Waals surface area contributed by atoms with Crippen LogP contribution in [0.1, 0.15) is 42.7 Å². The quantitative estimate of drug-likeness (QED) is 0.858. The van der Waals surface area contributed by atoms with Crippen molar-refractivity contribution >= 4 is 21.8 Å². The molecular formula is C18H19N3O4S. The van der Waals surface area contributed by atoms with Crippen LogP contribution in [-0.2, 0) is 21.2 Å². The van der Waals surface area contributed by atoms with E-state index in [1.54, 1.807) is 31.4 Å². The molecule has 0 unspecified atom stereocenters. The Labute approximate surface area is 151 Å². The van der Waals surface area contributed by atoms with Crippen molar-refractivity contribution in [3.63, 3.8) is 0 Å². The second-order valence-electron chi connectivity index (χ2n) is 6.51.